The standard InChI is InChI=1S/C54H71ClN2O6/c1-32(2)42-38(58)30-53(57-46(62)56-52(27-28-52)34-15-17-35(55)18-16-34)26-25-50(8)36(43(42)53)19-20-41-49(7)23-21-40(47(3,4)39(49)22-24-51(41,50)9)54(45(60)61)29-37(48(54,5)6)44(59)63-31-33-13-11-10-12-14-33/h10-18,32,36-37,39-41H,19-31H2,1-9H3,(H,60,61)(H2,56,57,62)/t36-,37+,39-,40+,41-,49-,50-,51-,53-,54-/m1/s1. The highest BCUT2D eigenvalue weighted by molar-refractivity contribution is 6.30. The van der Waals surface area contributed by atoms with Crippen molar-refractivity contribution in [3.05, 3.63) is 81.9 Å². The van der Waals surface area contributed by atoms with E-state index in [-0.39, 0.29) is 63.8 Å². The van der Waals surface area contributed by atoms with E-state index in [1.807, 2.05) is 68.4 Å². The number of fused-ring (bicyclic) bond motifs is 7. The Balaban J connectivity index is 0.972. The zero-order valence-electron chi connectivity index (χ0n) is 39.2. The summed E-state index contributed by atoms with van der Waals surface area (Å²) in [6.45, 7) is 20.8. The van der Waals surface area contributed by atoms with Crippen LogP contribution in [-0.2, 0) is 31.3 Å². The predicted octanol–water partition coefficient (Wildman–Crippen LogP) is 11.8. The van der Waals surface area contributed by atoms with Crippen molar-refractivity contribution in [3.63, 3.8) is 0 Å². The van der Waals surface area contributed by atoms with E-state index in [2.05, 4.69) is 59.1 Å². The number of carboxylic acid groups (broad SMARTS) is 1. The predicted molar refractivity (Wildman–Crippen MR) is 245 cm³/mol. The number of esters is 1. The van der Waals surface area contributed by atoms with Gasteiger partial charge in [0.15, 0.2) is 5.78 Å². The van der Waals surface area contributed by atoms with Crippen molar-refractivity contribution in [2.45, 2.75) is 157 Å². The van der Waals surface area contributed by atoms with Gasteiger partial charge in [0.2, 0.25) is 0 Å². The van der Waals surface area contributed by atoms with Gasteiger partial charge in [-0.3, -0.25) is 14.4 Å². The number of hydrogen-bond donors (Lipinski definition) is 3. The van der Waals surface area contributed by atoms with Gasteiger partial charge >= 0.3 is 18.0 Å². The van der Waals surface area contributed by atoms with Gasteiger partial charge in [0.1, 0.15) is 6.61 Å². The smallest absolute Gasteiger partial charge is 0.316 e. The van der Waals surface area contributed by atoms with Crippen molar-refractivity contribution in [1.29, 1.82) is 0 Å². The highest BCUT2D eigenvalue weighted by Gasteiger charge is 2.76. The molecule has 9 rings (SSSR count). The van der Waals surface area contributed by atoms with Gasteiger partial charge in [-0.2, -0.15) is 0 Å². The fourth-order valence-electron chi connectivity index (χ4n) is 16.8. The third kappa shape index (κ3) is 6.24. The summed E-state index contributed by atoms with van der Waals surface area (Å²) in [6, 6.07) is 17.2. The van der Waals surface area contributed by atoms with Crippen LogP contribution in [0.4, 0.5) is 4.79 Å². The van der Waals surface area contributed by atoms with Gasteiger partial charge in [0, 0.05) is 11.4 Å². The minimum atomic E-state index is -1.03. The summed E-state index contributed by atoms with van der Waals surface area (Å²) in [5, 5.41) is 18.9. The van der Waals surface area contributed by atoms with Gasteiger partial charge in [-0.1, -0.05) is 116 Å². The van der Waals surface area contributed by atoms with E-state index >= 15 is 0 Å². The maximum atomic E-state index is 14.2. The van der Waals surface area contributed by atoms with E-state index in [1.165, 1.54) is 5.57 Å². The number of nitrogens with one attached hydrogen (secondary N) is 2. The number of urea groups is 1. The van der Waals surface area contributed by atoms with Crippen LogP contribution in [0, 0.1) is 68.0 Å². The molecular weight excluding hydrogens is 808 g/mol. The van der Waals surface area contributed by atoms with Crippen molar-refractivity contribution in [1.82, 2.24) is 10.6 Å². The van der Waals surface area contributed by atoms with E-state index in [0.717, 1.165) is 80.9 Å². The molecule has 3 N–H and O–H groups in total. The highest BCUT2D eigenvalue weighted by atomic mass is 35.5. The van der Waals surface area contributed by atoms with E-state index in [9.17, 15) is 24.3 Å². The number of carbonyl (C=O) groups excluding carboxylic acids is 3. The molecule has 0 saturated heterocycles. The van der Waals surface area contributed by atoms with Crippen LogP contribution in [0.15, 0.2) is 65.7 Å². The molecule has 2 aromatic rings. The van der Waals surface area contributed by atoms with E-state index in [0.29, 0.717) is 29.7 Å². The first kappa shape index (κ1) is 44.5. The first-order valence-electron chi connectivity index (χ1n) is 24.1. The Kier molecular flexibility index (Phi) is 10.4. The van der Waals surface area contributed by atoms with Crippen LogP contribution in [0.5, 0.6) is 0 Å². The molecule has 2 aromatic carbocycles. The Labute approximate surface area is 380 Å². The maximum Gasteiger partial charge on any atom is 0.316 e. The van der Waals surface area contributed by atoms with Gasteiger partial charge in [0.05, 0.1) is 22.4 Å². The second-order valence-corrected chi connectivity index (χ2v) is 24.1. The lowest BCUT2D eigenvalue weighted by Crippen LogP contribution is -2.71. The van der Waals surface area contributed by atoms with Crippen LogP contribution in [0.1, 0.15) is 150 Å². The Morgan fingerprint density at radius 1 is 0.762 bits per heavy atom. The average Bonchev–Trinajstić information content (AvgIpc) is 3.92. The first-order valence-corrected chi connectivity index (χ1v) is 24.5. The van der Waals surface area contributed by atoms with Crippen LogP contribution in [0.25, 0.3) is 0 Å². The molecule has 0 heterocycles. The van der Waals surface area contributed by atoms with E-state index in [4.69, 9.17) is 16.3 Å². The lowest BCUT2D eigenvalue weighted by molar-refractivity contribution is -0.261. The molecule has 6 fully saturated rings. The molecule has 7 aliphatic carbocycles. The SMILES string of the molecule is CC(C)C1=C2[C@H]3CC[C@@H]4[C@]5(C)CC[C@H]([C@@]6(C(=O)O)C[C@@H](C(=O)OCc7ccccc7)C6(C)C)C(C)(C)[C@H]5CC[C@@]4(C)[C@]3(C)CC[C@@]2(NC(=O)NC2(c3ccc(Cl)cc3)CC2)CC1=O. The third-order valence-electron chi connectivity index (χ3n) is 20.3. The van der Waals surface area contributed by atoms with Crippen molar-refractivity contribution >= 4 is 35.4 Å². The fourth-order valence-corrected chi connectivity index (χ4v) is 16.9. The summed E-state index contributed by atoms with van der Waals surface area (Å²) >= 11 is 6.22. The molecule has 9 heteroatoms. The second-order valence-electron chi connectivity index (χ2n) is 23.7. The number of halogens is 1. The Morgan fingerprint density at radius 3 is 2.02 bits per heavy atom. The maximum absolute atomic E-state index is 14.2. The molecule has 10 atom stereocenters. The zero-order chi connectivity index (χ0) is 45.3. The second kappa shape index (κ2) is 14.7. The number of Topliss-reactive ketones (excluding diaryl/α,β-unsaturated/α-hetero) is 1. The number of benzene rings is 2. The Morgan fingerprint density at radius 2 is 1.40 bits per heavy atom. The number of carbonyl (C=O) groups is 4. The van der Waals surface area contributed by atoms with Gasteiger partial charge in [-0.15, -0.1) is 0 Å². The molecule has 340 valence electrons. The van der Waals surface area contributed by atoms with Crippen LogP contribution in [0.2, 0.25) is 5.02 Å². The molecule has 2 amide bonds. The lowest BCUT2D eigenvalue weighted by Gasteiger charge is -2.74. The normalized spacial score (nSPS) is 39.2. The third-order valence-corrected chi connectivity index (χ3v) is 20.6. The quantitative estimate of drug-likeness (QED) is 0.216. The topological polar surface area (TPSA) is 122 Å². The van der Waals surface area contributed by atoms with Crippen LogP contribution >= 0.6 is 11.6 Å². The number of ketones is 1. The van der Waals surface area contributed by atoms with Crippen LogP contribution in [0.3, 0.4) is 0 Å². The first-order chi connectivity index (χ1) is 29.5. The minimum absolute atomic E-state index is 0.00372. The van der Waals surface area contributed by atoms with Gasteiger partial charge in [0.25, 0.3) is 0 Å². The highest BCUT2D eigenvalue weighted by Crippen LogP contribution is 2.79. The molecule has 0 aromatic heterocycles. The monoisotopic (exact) mass is 879 g/mol. The molecule has 8 nitrogen and oxygen atoms in total. The number of hydrogen-bond acceptors (Lipinski definition) is 5. The van der Waals surface area contributed by atoms with Crippen LogP contribution < -0.4 is 10.6 Å². The summed E-state index contributed by atoms with van der Waals surface area (Å²) in [5.74, 6) is -0.468. The molecule has 0 bridgehead atoms. The number of allylic oxidation sites excluding steroid dienone is 1. The number of carboxylic acids is 1. The summed E-state index contributed by atoms with van der Waals surface area (Å²) in [5.41, 5.74) is 0.836. The molecule has 63 heavy (non-hydrogen) atoms. The summed E-state index contributed by atoms with van der Waals surface area (Å²) in [7, 11) is 0. The molecule has 6 saturated carbocycles. The Bertz CT molecular complexity index is 2250. The average molecular weight is 880 g/mol. The summed E-state index contributed by atoms with van der Waals surface area (Å²) in [4.78, 5) is 55.9. The zero-order valence-corrected chi connectivity index (χ0v) is 40.0. The fraction of sp³-hybridized carbons (Fsp3) is 0.667. The number of aliphatic carboxylic acids is 1. The van der Waals surface area contributed by atoms with Crippen LogP contribution in [-0.4, -0.2) is 34.4 Å². The molecule has 0 aliphatic heterocycles. The summed E-state index contributed by atoms with van der Waals surface area (Å²) < 4.78 is 5.84. The largest absolute Gasteiger partial charge is 0.481 e. The molecule has 0 unspecified atom stereocenters. The van der Waals surface area contributed by atoms with Gasteiger partial charge in [-0.25, -0.2) is 4.79 Å². The molecule has 0 spiro atoms. The number of ether oxygens (including phenoxy) is 1. The van der Waals surface area contributed by atoms with Crippen molar-refractivity contribution in [3.8, 4) is 0 Å². The van der Waals surface area contributed by atoms with Gasteiger partial charge < -0.3 is 20.5 Å². The molecular formula is C54H71ClN2O6. The number of amides is 2. The molecule has 0 radical (unpaired) electrons. The van der Waals surface area contributed by atoms with E-state index in [1.54, 1.807) is 0 Å². The van der Waals surface area contributed by atoms with Crippen molar-refractivity contribution in [2.24, 2.45) is 68.0 Å². The summed E-state index contributed by atoms with van der Waals surface area (Å²) in [6.07, 6.45) is 9.88. The lowest BCUT2D eigenvalue weighted by atomic mass is 9.30. The van der Waals surface area contributed by atoms with Crippen molar-refractivity contribution < 1.29 is 29.0 Å². The molecule has 7 aliphatic rings. The number of rotatable bonds is 9. The van der Waals surface area contributed by atoms with Crippen molar-refractivity contribution in [2.75, 3.05) is 0 Å². The van der Waals surface area contributed by atoms with E-state index < -0.39 is 33.8 Å². The Hall–Kier alpha value is -3.65. The minimum Gasteiger partial charge on any atom is -0.481 e. The van der Waals surface area contributed by atoms with Gasteiger partial charge in [-0.05, 0) is 162 Å².